The Balaban J connectivity index is 1.68. The molecule has 0 atom stereocenters. The molecular formula is C27H35FN4O5. The summed E-state index contributed by atoms with van der Waals surface area (Å²) in [6.07, 6.45) is 0. The number of hydrogen-bond acceptors (Lipinski definition) is 7. The average molecular weight is 515 g/mol. The molecule has 0 aliphatic carbocycles. The Morgan fingerprint density at radius 1 is 1.00 bits per heavy atom. The Morgan fingerprint density at radius 2 is 1.70 bits per heavy atom. The van der Waals surface area contributed by atoms with Crippen molar-refractivity contribution in [2.75, 3.05) is 58.0 Å². The van der Waals surface area contributed by atoms with E-state index >= 15 is 0 Å². The number of aliphatic hydroxyl groups is 2. The lowest BCUT2D eigenvalue weighted by Crippen LogP contribution is -2.34. The van der Waals surface area contributed by atoms with Gasteiger partial charge in [0.05, 0.1) is 51.9 Å². The van der Waals surface area contributed by atoms with Crippen LogP contribution in [0.15, 0.2) is 64.1 Å². The number of rotatable bonds is 14. The number of nitrogens with zero attached hydrogens (tertiary/aromatic N) is 2. The predicted octanol–water partition coefficient (Wildman–Crippen LogP) is 3.18. The van der Waals surface area contributed by atoms with Gasteiger partial charge in [-0.3, -0.25) is 10.3 Å². The second-order valence-corrected chi connectivity index (χ2v) is 8.71. The number of aromatic nitrogens is 1. The smallest absolute Gasteiger partial charge is 0.231 e. The van der Waals surface area contributed by atoms with Gasteiger partial charge in [-0.15, -0.1) is 0 Å². The number of aliphatic imine (C=N–C) groups is 1. The van der Waals surface area contributed by atoms with Crippen molar-refractivity contribution in [3.05, 3.63) is 71.7 Å². The van der Waals surface area contributed by atoms with Gasteiger partial charge in [0.2, 0.25) is 5.88 Å². The van der Waals surface area contributed by atoms with Gasteiger partial charge in [0.15, 0.2) is 5.96 Å². The molecule has 0 aliphatic rings. The van der Waals surface area contributed by atoms with E-state index in [1.54, 1.807) is 12.1 Å². The Kier molecular flexibility index (Phi) is 11.0. The first-order chi connectivity index (χ1) is 18.0. The molecule has 1 heterocycles. The van der Waals surface area contributed by atoms with E-state index < -0.39 is 5.41 Å². The van der Waals surface area contributed by atoms with Gasteiger partial charge >= 0.3 is 0 Å². The Morgan fingerprint density at radius 3 is 2.41 bits per heavy atom. The molecule has 3 aromatic rings. The molecule has 0 fully saturated rings. The summed E-state index contributed by atoms with van der Waals surface area (Å²) in [5.41, 5.74) is 2.60. The van der Waals surface area contributed by atoms with E-state index in [1.165, 1.54) is 6.07 Å². The molecule has 0 amide bonds. The van der Waals surface area contributed by atoms with E-state index in [0.717, 1.165) is 11.1 Å². The zero-order valence-electron chi connectivity index (χ0n) is 21.2. The number of guanidine groups is 1. The second-order valence-electron chi connectivity index (χ2n) is 8.71. The fourth-order valence-corrected chi connectivity index (χ4v) is 3.59. The summed E-state index contributed by atoms with van der Waals surface area (Å²) in [4.78, 5) is 4.45. The molecule has 200 valence electrons. The number of nitrogens with one attached hydrogen (secondary N) is 2. The largest absolute Gasteiger partial charge is 0.394 e. The predicted molar refractivity (Wildman–Crippen MR) is 140 cm³/mol. The van der Waals surface area contributed by atoms with Gasteiger partial charge < -0.3 is 29.5 Å². The molecule has 0 aliphatic heterocycles. The lowest BCUT2D eigenvalue weighted by Gasteiger charge is -2.22. The van der Waals surface area contributed by atoms with Crippen molar-refractivity contribution in [1.29, 1.82) is 0 Å². The molecule has 0 radical (unpaired) electrons. The maximum absolute atomic E-state index is 14.2. The summed E-state index contributed by atoms with van der Waals surface area (Å²) < 4.78 is 30.2. The average Bonchev–Trinajstić information content (AvgIpc) is 3.38. The molecule has 0 bridgehead atoms. The van der Waals surface area contributed by atoms with Crippen molar-refractivity contribution in [3.63, 3.8) is 0 Å². The third kappa shape index (κ3) is 8.36. The number of benzene rings is 2. The Hall–Kier alpha value is -3.31. The highest BCUT2D eigenvalue weighted by Crippen LogP contribution is 2.33. The molecule has 2 aromatic carbocycles. The van der Waals surface area contributed by atoms with Crippen LogP contribution in [0.4, 0.5) is 10.3 Å². The number of aliphatic hydroxyl groups excluding tert-OH is 2. The number of halogens is 1. The fraction of sp³-hybridized carbons (Fsp3) is 0.407. The van der Waals surface area contributed by atoms with E-state index in [-0.39, 0.29) is 32.2 Å². The van der Waals surface area contributed by atoms with Crippen LogP contribution >= 0.6 is 0 Å². The lowest BCUT2D eigenvalue weighted by atomic mass is 9.81. The second kappa shape index (κ2) is 14.4. The van der Waals surface area contributed by atoms with Crippen LogP contribution in [0.3, 0.4) is 0 Å². The highest BCUT2D eigenvalue weighted by molar-refractivity contribution is 5.92. The molecule has 0 saturated carbocycles. The summed E-state index contributed by atoms with van der Waals surface area (Å²) >= 11 is 0. The molecule has 9 nitrogen and oxygen atoms in total. The van der Waals surface area contributed by atoms with Crippen LogP contribution in [0, 0.1) is 5.82 Å². The van der Waals surface area contributed by atoms with Crippen molar-refractivity contribution in [2.45, 2.75) is 19.3 Å². The minimum absolute atomic E-state index is 0.0378. The van der Waals surface area contributed by atoms with E-state index in [1.807, 2.05) is 50.2 Å². The first-order valence-corrected chi connectivity index (χ1v) is 12.2. The van der Waals surface area contributed by atoms with Gasteiger partial charge in [-0.05, 0) is 17.2 Å². The topological polar surface area (TPSA) is 121 Å². The summed E-state index contributed by atoms with van der Waals surface area (Å²) in [6.45, 7) is 6.08. The molecule has 1 aromatic heterocycles. The van der Waals surface area contributed by atoms with Crippen LogP contribution in [0.25, 0.3) is 11.1 Å². The maximum Gasteiger partial charge on any atom is 0.231 e. The molecule has 0 spiro atoms. The molecular weight excluding hydrogens is 479 g/mol. The standard InChI is InChI=1S/C27H35FN4O5/c1-27(2,21-9-7-20(8-10-21)22-5-3-4-6-23(22)28)24-19-25(37-32-24)31-26(29-11-15-35-17-13-33)30-12-16-36-18-14-34/h3-10,19,33-34H,11-18H2,1-2H3,(H2,29,30,31). The van der Waals surface area contributed by atoms with Crippen molar-refractivity contribution >= 4 is 11.8 Å². The normalized spacial score (nSPS) is 12.1. The van der Waals surface area contributed by atoms with Crippen LogP contribution in [0.2, 0.25) is 0 Å². The van der Waals surface area contributed by atoms with Crippen molar-refractivity contribution < 1.29 is 28.6 Å². The van der Waals surface area contributed by atoms with Crippen LogP contribution in [0.5, 0.6) is 0 Å². The maximum atomic E-state index is 14.2. The van der Waals surface area contributed by atoms with Gasteiger partial charge in [-0.2, -0.15) is 0 Å². The number of hydrogen-bond donors (Lipinski definition) is 4. The molecule has 10 heteroatoms. The number of ether oxygens (including phenoxy) is 2. The zero-order chi connectivity index (χ0) is 26.5. The molecule has 37 heavy (non-hydrogen) atoms. The van der Waals surface area contributed by atoms with Gasteiger partial charge in [-0.25, -0.2) is 4.39 Å². The monoisotopic (exact) mass is 514 g/mol. The third-order valence-electron chi connectivity index (χ3n) is 5.70. The minimum atomic E-state index is -0.474. The Labute approximate surface area is 216 Å². The highest BCUT2D eigenvalue weighted by atomic mass is 19.1. The minimum Gasteiger partial charge on any atom is -0.394 e. The Bertz CT molecular complexity index is 1120. The third-order valence-corrected chi connectivity index (χ3v) is 5.70. The van der Waals surface area contributed by atoms with Crippen molar-refractivity contribution in [3.8, 4) is 11.1 Å². The molecule has 3 rings (SSSR count). The van der Waals surface area contributed by atoms with Gasteiger partial charge in [-0.1, -0.05) is 61.5 Å². The summed E-state index contributed by atoms with van der Waals surface area (Å²) in [5.74, 6) is 0.604. The lowest BCUT2D eigenvalue weighted by molar-refractivity contribution is 0.0955. The van der Waals surface area contributed by atoms with Crippen molar-refractivity contribution in [1.82, 2.24) is 10.5 Å². The van der Waals surface area contributed by atoms with Gasteiger partial charge in [0.1, 0.15) is 5.82 Å². The van der Waals surface area contributed by atoms with Crippen LogP contribution in [-0.2, 0) is 14.9 Å². The molecule has 4 N–H and O–H groups in total. The van der Waals surface area contributed by atoms with Gasteiger partial charge in [0.25, 0.3) is 0 Å². The summed E-state index contributed by atoms with van der Waals surface area (Å²) in [6, 6.07) is 16.3. The van der Waals surface area contributed by atoms with Crippen LogP contribution in [-0.4, -0.2) is 74.1 Å². The molecule has 0 unspecified atom stereocenters. The van der Waals surface area contributed by atoms with Gasteiger partial charge in [0, 0.05) is 23.6 Å². The zero-order valence-corrected chi connectivity index (χ0v) is 21.2. The van der Waals surface area contributed by atoms with Crippen LogP contribution < -0.4 is 10.6 Å². The number of anilines is 1. The van der Waals surface area contributed by atoms with E-state index in [0.29, 0.717) is 49.4 Å². The first-order valence-electron chi connectivity index (χ1n) is 12.2. The SMILES string of the molecule is CC(C)(c1ccc(-c2ccccc2F)cc1)c1cc(NC(=NCCOCCO)NCCOCCO)on1. The van der Waals surface area contributed by atoms with E-state index in [9.17, 15) is 4.39 Å². The summed E-state index contributed by atoms with van der Waals surface area (Å²) in [5, 5.41) is 28.2. The van der Waals surface area contributed by atoms with Crippen LogP contribution in [0.1, 0.15) is 25.1 Å². The van der Waals surface area contributed by atoms with Crippen molar-refractivity contribution in [2.24, 2.45) is 4.99 Å². The highest BCUT2D eigenvalue weighted by Gasteiger charge is 2.27. The summed E-state index contributed by atoms with van der Waals surface area (Å²) in [7, 11) is 0. The van der Waals surface area contributed by atoms with E-state index in [4.69, 9.17) is 24.2 Å². The quantitative estimate of drug-likeness (QED) is 0.147. The molecule has 0 saturated heterocycles. The fourth-order valence-electron chi connectivity index (χ4n) is 3.59. The first kappa shape index (κ1) is 28.3. The van der Waals surface area contributed by atoms with E-state index in [2.05, 4.69) is 20.8 Å².